The van der Waals surface area contributed by atoms with E-state index < -0.39 is 29.8 Å². The number of ketones is 1. The quantitative estimate of drug-likeness (QED) is 0.0237. The molecule has 0 aromatic rings. The van der Waals surface area contributed by atoms with Crippen molar-refractivity contribution in [1.29, 1.82) is 0 Å². The fraction of sp³-hybridized carbons (Fsp3) is 0.910. The van der Waals surface area contributed by atoms with E-state index in [0.717, 1.165) is 60.9 Å². The Morgan fingerprint density at radius 1 is 0.201 bits per heavy atom. The number of ether oxygens (including phenoxy) is 10. The van der Waals surface area contributed by atoms with Gasteiger partial charge in [0.05, 0.1) is 55.8 Å². The molecule has 139 heavy (non-hydrogen) atoms. The summed E-state index contributed by atoms with van der Waals surface area (Å²) >= 11 is 8.83. The van der Waals surface area contributed by atoms with Crippen LogP contribution in [0, 0.1) is 29.6 Å². The minimum atomic E-state index is -0.526. The van der Waals surface area contributed by atoms with Gasteiger partial charge < -0.3 is 62.1 Å². The van der Waals surface area contributed by atoms with Gasteiger partial charge in [0.2, 0.25) is 0 Å². The number of Topliss-reactive ketones (excluding diaryl/α,β-unsaturated/α-hetero) is 1. The van der Waals surface area contributed by atoms with E-state index >= 15 is 0 Å². The van der Waals surface area contributed by atoms with E-state index in [4.69, 9.17) is 47.4 Å². The third-order valence-corrected chi connectivity index (χ3v) is 31.7. The predicted octanol–water partition coefficient (Wildman–Crippen LogP) is 26.5. The lowest BCUT2D eigenvalue weighted by Gasteiger charge is -2.27. The first-order valence-electron chi connectivity index (χ1n) is 56.3. The molecule has 0 aliphatic rings. The molecular formula is C111H207N3O20S5. The molecule has 0 aliphatic heterocycles. The Hall–Kier alpha value is -3.51. The molecule has 0 heterocycles. The maximum Gasteiger partial charge on any atom is 0.309 e. The number of carbonyl (C=O) groups is 10. The van der Waals surface area contributed by atoms with Gasteiger partial charge in [-0.2, -0.15) is 58.8 Å². The molecular weight excluding hydrogens is 1860 g/mol. The maximum absolute atomic E-state index is 13.6. The summed E-state index contributed by atoms with van der Waals surface area (Å²) in [6.07, 6.45) is 64.4. The van der Waals surface area contributed by atoms with Crippen molar-refractivity contribution < 1.29 is 95.3 Å². The first-order valence-corrected chi connectivity index (χ1v) is 62.1. The monoisotopic (exact) mass is 2060 g/mol. The minimum Gasteiger partial charge on any atom is -0.462 e. The summed E-state index contributed by atoms with van der Waals surface area (Å²) < 4.78 is 55.8. The molecule has 0 aliphatic carbocycles. The molecule has 0 saturated heterocycles. The van der Waals surface area contributed by atoms with Crippen LogP contribution in [-0.2, 0) is 95.3 Å². The summed E-state index contributed by atoms with van der Waals surface area (Å²) in [5.74, 6) is 2.84. The molecule has 0 radical (unpaired) electrons. The number of carbonyl (C=O) groups excluding carboxylic acids is 10. The van der Waals surface area contributed by atoms with Gasteiger partial charge in [0.1, 0.15) is 59.5 Å². The molecule has 0 spiro atoms. The van der Waals surface area contributed by atoms with Crippen molar-refractivity contribution in [3.05, 3.63) is 0 Å². The lowest BCUT2D eigenvalue weighted by atomic mass is 10.1. The van der Waals surface area contributed by atoms with Gasteiger partial charge in [0.15, 0.2) is 12.6 Å². The van der Waals surface area contributed by atoms with Gasteiger partial charge in [0, 0.05) is 67.4 Å². The Morgan fingerprint density at radius 3 is 0.583 bits per heavy atom. The second kappa shape index (κ2) is 104. The molecule has 0 aromatic carbocycles. The molecule has 5 unspecified atom stereocenters. The Bertz CT molecular complexity index is 2590. The number of unbranched alkanes of at least 4 members (excludes halogenated alkanes) is 45. The largest absolute Gasteiger partial charge is 0.462 e. The molecule has 0 bridgehead atoms. The fourth-order valence-corrected chi connectivity index (χ4v) is 21.3. The smallest absolute Gasteiger partial charge is 0.309 e. The van der Waals surface area contributed by atoms with Gasteiger partial charge in [-0.05, 0) is 99.9 Å². The number of rotatable bonds is 109. The van der Waals surface area contributed by atoms with Crippen molar-refractivity contribution in [3.8, 4) is 0 Å². The Labute approximate surface area is 870 Å². The van der Waals surface area contributed by atoms with Crippen molar-refractivity contribution in [2.45, 2.75) is 435 Å². The third kappa shape index (κ3) is 94.0. The Kier molecular flexibility index (Phi) is 102. The van der Waals surface area contributed by atoms with Gasteiger partial charge in [-0.3, -0.25) is 47.9 Å². The summed E-state index contributed by atoms with van der Waals surface area (Å²) in [5.41, 5.74) is 0. The van der Waals surface area contributed by atoms with E-state index in [1.54, 1.807) is 58.8 Å². The number of esters is 9. The van der Waals surface area contributed by atoms with Crippen LogP contribution in [0.25, 0.3) is 0 Å². The van der Waals surface area contributed by atoms with Gasteiger partial charge in [-0.25, -0.2) is 0 Å². The van der Waals surface area contributed by atoms with Crippen LogP contribution in [0.15, 0.2) is 0 Å². The predicted molar refractivity (Wildman–Crippen MR) is 583 cm³/mol. The summed E-state index contributed by atoms with van der Waals surface area (Å²) in [7, 11) is 0. The molecule has 0 N–H and O–H groups in total. The van der Waals surface area contributed by atoms with Crippen LogP contribution >= 0.6 is 58.8 Å². The third-order valence-electron chi connectivity index (χ3n) is 25.2. The standard InChI is InChI=1S/C111H207N3O20S5/c1-11-16-21-26-31-36-41-46-51-56-85-135-91-97(6)102(115)90-125-96-134-107(120)67-72-112(68-61-70-113(73-63-103(116)126-77-81-130-108(121)98(7)92-136-86-57-52-47-42-37-32-27-22-17-12-2)74-64-104(117)127-78-82-131-109(122)99(8)93-137-87-58-53-48-43-38-33-28-23-18-13-3)69-62-71-114(75-65-105(118)128-79-83-132-110(123)100(9)94-138-88-59-54-49-44-39-34-29-24-19-14-4)76-66-106(119)129-80-84-133-111(124)101(10)95-139-89-60-55-50-45-40-35-30-25-20-15-5/h97-101H,11-96H2,1-10H3. The van der Waals surface area contributed by atoms with Crippen LogP contribution in [0.2, 0.25) is 0 Å². The Balaban J connectivity index is 6.55. The van der Waals surface area contributed by atoms with E-state index in [0.29, 0.717) is 67.8 Å². The molecule has 0 saturated carbocycles. The van der Waals surface area contributed by atoms with Crippen LogP contribution in [0.5, 0.6) is 0 Å². The fourth-order valence-electron chi connectivity index (χ4n) is 15.9. The summed E-state index contributed by atoms with van der Waals surface area (Å²) in [6.45, 7) is 22.0. The molecule has 0 rings (SSSR count). The van der Waals surface area contributed by atoms with E-state index in [9.17, 15) is 47.9 Å². The lowest BCUT2D eigenvalue weighted by Crippen LogP contribution is -2.36. The second-order valence-corrected chi connectivity index (χ2v) is 44.5. The van der Waals surface area contributed by atoms with E-state index in [-0.39, 0.29) is 190 Å². The van der Waals surface area contributed by atoms with Crippen molar-refractivity contribution in [2.24, 2.45) is 29.6 Å². The summed E-state index contributed by atoms with van der Waals surface area (Å²) in [4.78, 5) is 139. The molecule has 0 fully saturated rings. The van der Waals surface area contributed by atoms with Gasteiger partial charge in [-0.15, -0.1) is 0 Å². The van der Waals surface area contributed by atoms with Crippen LogP contribution in [0.1, 0.15) is 435 Å². The summed E-state index contributed by atoms with van der Waals surface area (Å²) in [5, 5.41) is 0. The van der Waals surface area contributed by atoms with Gasteiger partial charge >= 0.3 is 53.7 Å². The normalized spacial score (nSPS) is 12.6. The van der Waals surface area contributed by atoms with Crippen LogP contribution in [0.4, 0.5) is 0 Å². The zero-order valence-corrected chi connectivity index (χ0v) is 94.3. The molecule has 0 amide bonds. The molecule has 28 heteroatoms. The highest BCUT2D eigenvalue weighted by molar-refractivity contribution is 8.00. The second-order valence-electron chi connectivity index (χ2n) is 38.8. The lowest BCUT2D eigenvalue weighted by molar-refractivity contribution is -0.159. The van der Waals surface area contributed by atoms with Crippen molar-refractivity contribution in [1.82, 2.24) is 14.7 Å². The highest BCUT2D eigenvalue weighted by Gasteiger charge is 2.23. The minimum absolute atomic E-state index is 0.0232. The average molecular weight is 2060 g/mol. The van der Waals surface area contributed by atoms with E-state index in [1.807, 2.05) is 44.4 Å². The first-order chi connectivity index (χ1) is 67.7. The van der Waals surface area contributed by atoms with Crippen molar-refractivity contribution in [3.63, 3.8) is 0 Å². The summed E-state index contributed by atoms with van der Waals surface area (Å²) in [6, 6.07) is 0. The number of nitrogens with zero attached hydrogens (tertiary/aromatic N) is 3. The van der Waals surface area contributed by atoms with Crippen molar-refractivity contribution in [2.75, 3.05) is 183 Å². The number of hydrogen-bond donors (Lipinski definition) is 0. The van der Waals surface area contributed by atoms with Crippen molar-refractivity contribution >= 4 is 118 Å². The highest BCUT2D eigenvalue weighted by Crippen LogP contribution is 2.23. The average Bonchev–Trinajstić information content (AvgIpc) is 0.928. The van der Waals surface area contributed by atoms with Gasteiger partial charge in [0.25, 0.3) is 0 Å². The van der Waals surface area contributed by atoms with Crippen LogP contribution in [-0.4, -0.2) is 257 Å². The molecule has 5 atom stereocenters. The molecule has 816 valence electrons. The number of hydrogen-bond acceptors (Lipinski definition) is 28. The highest BCUT2D eigenvalue weighted by atomic mass is 32.2. The zero-order valence-electron chi connectivity index (χ0n) is 90.2. The first kappa shape index (κ1) is 135. The SMILES string of the molecule is CCCCCCCCCCCCSCC(C)C(=O)COCOC(=O)CCN(CCCN(CCC(=O)OCCOC(=O)C(C)CSCCCCCCCCCCCC)CCC(=O)OCCOC(=O)C(C)CSCCCCCCCCCCCC)CCCN(CCC(=O)OCCOC(=O)C(C)CSCCCCCCCCCCCC)CCC(=O)OCCOC(=O)C(C)CSCCCCCCCCCCCC. The zero-order chi connectivity index (χ0) is 102. The van der Waals surface area contributed by atoms with E-state index in [2.05, 4.69) is 39.5 Å². The number of thioether (sulfide) groups is 5. The Morgan fingerprint density at radius 2 is 0.374 bits per heavy atom. The van der Waals surface area contributed by atoms with Crippen LogP contribution in [0.3, 0.4) is 0 Å². The van der Waals surface area contributed by atoms with Gasteiger partial charge in [-0.1, -0.05) is 358 Å². The topological polar surface area (TPSA) is 273 Å². The molecule has 0 aromatic heterocycles. The molecule has 23 nitrogen and oxygen atoms in total. The van der Waals surface area contributed by atoms with Crippen LogP contribution < -0.4 is 0 Å². The maximum atomic E-state index is 13.6. The van der Waals surface area contributed by atoms with E-state index in [1.165, 1.54) is 289 Å².